The monoisotopic (exact) mass is 388 g/mol. The molecule has 0 saturated heterocycles. The second kappa shape index (κ2) is 13.9. The number of carboxylic acid groups (broad SMARTS) is 1. The number of amides is 3. The van der Waals surface area contributed by atoms with Crippen molar-refractivity contribution >= 4 is 23.7 Å². The third kappa shape index (κ3) is 11.2. The average Bonchev–Trinajstić information content (AvgIpc) is 2.59. The standard InChI is InChI=1S/C16H32N6O5/c17-7-3-1-5-10(19)14(24)21-11(6-2-4-8-18)15(25)22-12(16(26)27)9-13(20)23/h10-12H,1-9,17-19H2,(H2,20,23)(H,21,24)(H,22,25)(H,26,27). The van der Waals surface area contributed by atoms with Crippen molar-refractivity contribution in [3.8, 4) is 0 Å². The van der Waals surface area contributed by atoms with E-state index in [1.807, 2.05) is 0 Å². The van der Waals surface area contributed by atoms with Gasteiger partial charge in [-0.3, -0.25) is 14.4 Å². The second-order valence-corrected chi connectivity index (χ2v) is 6.31. The van der Waals surface area contributed by atoms with Gasteiger partial charge in [0.25, 0.3) is 0 Å². The van der Waals surface area contributed by atoms with Crippen LogP contribution in [-0.4, -0.2) is 60.0 Å². The predicted molar refractivity (Wildman–Crippen MR) is 99.1 cm³/mol. The zero-order valence-electron chi connectivity index (χ0n) is 15.5. The molecular weight excluding hydrogens is 356 g/mol. The van der Waals surface area contributed by atoms with Gasteiger partial charge in [-0.25, -0.2) is 4.79 Å². The topological polar surface area (TPSA) is 217 Å². The minimum atomic E-state index is -1.47. The first-order valence-corrected chi connectivity index (χ1v) is 9.00. The summed E-state index contributed by atoms with van der Waals surface area (Å²) in [7, 11) is 0. The molecule has 11 N–H and O–H groups in total. The summed E-state index contributed by atoms with van der Waals surface area (Å²) < 4.78 is 0. The Labute approximate surface area is 158 Å². The summed E-state index contributed by atoms with van der Waals surface area (Å²) in [5, 5.41) is 13.9. The number of nitrogens with two attached hydrogens (primary N) is 4. The second-order valence-electron chi connectivity index (χ2n) is 6.31. The summed E-state index contributed by atoms with van der Waals surface area (Å²) >= 11 is 0. The number of carbonyl (C=O) groups is 4. The van der Waals surface area contributed by atoms with E-state index < -0.39 is 48.2 Å². The van der Waals surface area contributed by atoms with Crippen molar-refractivity contribution in [3.63, 3.8) is 0 Å². The van der Waals surface area contributed by atoms with Gasteiger partial charge in [0, 0.05) is 0 Å². The smallest absolute Gasteiger partial charge is 0.326 e. The van der Waals surface area contributed by atoms with E-state index in [0.29, 0.717) is 38.8 Å². The van der Waals surface area contributed by atoms with Crippen LogP contribution in [0, 0.1) is 0 Å². The molecule has 0 aliphatic carbocycles. The number of hydrogen-bond acceptors (Lipinski definition) is 7. The van der Waals surface area contributed by atoms with Gasteiger partial charge in [-0.2, -0.15) is 0 Å². The maximum absolute atomic E-state index is 12.4. The van der Waals surface area contributed by atoms with Crippen molar-refractivity contribution in [1.29, 1.82) is 0 Å². The number of nitrogens with one attached hydrogen (secondary N) is 2. The van der Waals surface area contributed by atoms with Crippen molar-refractivity contribution in [3.05, 3.63) is 0 Å². The molecule has 0 bridgehead atoms. The molecule has 0 aliphatic heterocycles. The van der Waals surface area contributed by atoms with Crippen LogP contribution in [0.3, 0.4) is 0 Å². The minimum absolute atomic E-state index is 0.257. The molecule has 3 unspecified atom stereocenters. The van der Waals surface area contributed by atoms with Crippen LogP contribution in [0.1, 0.15) is 44.9 Å². The van der Waals surface area contributed by atoms with Gasteiger partial charge in [0.15, 0.2) is 0 Å². The van der Waals surface area contributed by atoms with E-state index in [-0.39, 0.29) is 6.42 Å². The SMILES string of the molecule is NCCCCC(N)C(=O)NC(CCCCN)C(=O)NC(CC(N)=O)C(=O)O. The Hall–Kier alpha value is -2.24. The van der Waals surface area contributed by atoms with Crippen LogP contribution < -0.4 is 33.6 Å². The summed E-state index contributed by atoms with van der Waals surface area (Å²) in [6.07, 6.45) is 2.70. The lowest BCUT2D eigenvalue weighted by Gasteiger charge is -2.22. The first-order valence-electron chi connectivity index (χ1n) is 9.00. The highest BCUT2D eigenvalue weighted by molar-refractivity contribution is 5.93. The van der Waals surface area contributed by atoms with E-state index in [2.05, 4.69) is 10.6 Å². The number of carbonyl (C=O) groups excluding carboxylic acids is 3. The van der Waals surface area contributed by atoms with E-state index >= 15 is 0 Å². The molecule has 0 fully saturated rings. The van der Waals surface area contributed by atoms with Crippen LogP contribution in [0.25, 0.3) is 0 Å². The Bertz CT molecular complexity index is 502. The van der Waals surface area contributed by atoms with Crippen LogP contribution in [0.5, 0.6) is 0 Å². The first-order chi connectivity index (χ1) is 12.7. The van der Waals surface area contributed by atoms with Gasteiger partial charge in [-0.1, -0.05) is 6.42 Å². The largest absolute Gasteiger partial charge is 0.480 e. The van der Waals surface area contributed by atoms with Crippen molar-refractivity contribution < 1.29 is 24.3 Å². The van der Waals surface area contributed by atoms with Crippen LogP contribution in [0.4, 0.5) is 0 Å². The van der Waals surface area contributed by atoms with Crippen LogP contribution in [0.15, 0.2) is 0 Å². The number of hydrogen-bond donors (Lipinski definition) is 7. The van der Waals surface area contributed by atoms with Crippen molar-refractivity contribution in [1.82, 2.24) is 10.6 Å². The molecule has 0 saturated carbocycles. The Morgan fingerprint density at radius 1 is 0.815 bits per heavy atom. The number of rotatable bonds is 15. The lowest BCUT2D eigenvalue weighted by molar-refractivity contribution is -0.143. The highest BCUT2D eigenvalue weighted by atomic mass is 16.4. The van der Waals surface area contributed by atoms with Gasteiger partial charge in [-0.15, -0.1) is 0 Å². The molecule has 0 radical (unpaired) electrons. The molecule has 0 rings (SSSR count). The fraction of sp³-hybridized carbons (Fsp3) is 0.750. The normalized spacial score (nSPS) is 14.0. The van der Waals surface area contributed by atoms with Crippen molar-refractivity contribution in [2.45, 2.75) is 63.1 Å². The van der Waals surface area contributed by atoms with E-state index in [0.717, 1.165) is 6.42 Å². The Kier molecular flexibility index (Phi) is 12.7. The summed E-state index contributed by atoms with van der Waals surface area (Å²) in [5.41, 5.74) is 21.6. The third-order valence-electron chi connectivity index (χ3n) is 3.91. The molecule has 0 heterocycles. The summed E-state index contributed by atoms with van der Waals surface area (Å²) in [4.78, 5) is 46.8. The van der Waals surface area contributed by atoms with Crippen LogP contribution in [0.2, 0.25) is 0 Å². The van der Waals surface area contributed by atoms with Crippen molar-refractivity contribution in [2.24, 2.45) is 22.9 Å². The zero-order chi connectivity index (χ0) is 20.8. The molecule has 0 aliphatic rings. The summed E-state index contributed by atoms with van der Waals surface area (Å²) in [6, 6.07) is -3.26. The number of unbranched alkanes of at least 4 members (excludes halogenated alkanes) is 2. The molecule has 11 heteroatoms. The molecule has 11 nitrogen and oxygen atoms in total. The minimum Gasteiger partial charge on any atom is -0.480 e. The lowest BCUT2D eigenvalue weighted by atomic mass is 10.1. The van der Waals surface area contributed by atoms with E-state index in [1.165, 1.54) is 0 Å². The lowest BCUT2D eigenvalue weighted by Crippen LogP contribution is -2.55. The average molecular weight is 388 g/mol. The molecular formula is C16H32N6O5. The molecule has 3 amide bonds. The highest BCUT2D eigenvalue weighted by Crippen LogP contribution is 2.05. The van der Waals surface area contributed by atoms with Gasteiger partial charge in [0.2, 0.25) is 17.7 Å². The molecule has 156 valence electrons. The van der Waals surface area contributed by atoms with Gasteiger partial charge < -0.3 is 38.7 Å². The first kappa shape index (κ1) is 24.8. The molecule has 27 heavy (non-hydrogen) atoms. The molecule has 0 aromatic rings. The molecule has 0 spiro atoms. The maximum atomic E-state index is 12.4. The fourth-order valence-corrected chi connectivity index (χ4v) is 2.35. The summed E-state index contributed by atoms with van der Waals surface area (Å²) in [6.45, 7) is 0.912. The van der Waals surface area contributed by atoms with E-state index in [9.17, 15) is 19.2 Å². The fourth-order valence-electron chi connectivity index (χ4n) is 2.35. The molecule has 0 aromatic carbocycles. The quantitative estimate of drug-likeness (QED) is 0.148. The molecule has 0 aromatic heterocycles. The number of aliphatic carboxylic acids is 1. The number of carboxylic acids is 1. The van der Waals surface area contributed by atoms with Gasteiger partial charge in [0.1, 0.15) is 12.1 Å². The Balaban J connectivity index is 4.93. The van der Waals surface area contributed by atoms with E-state index in [4.69, 9.17) is 28.0 Å². The van der Waals surface area contributed by atoms with Gasteiger partial charge in [-0.05, 0) is 45.2 Å². The van der Waals surface area contributed by atoms with Crippen LogP contribution >= 0.6 is 0 Å². The van der Waals surface area contributed by atoms with Gasteiger partial charge in [0.05, 0.1) is 12.5 Å². The Morgan fingerprint density at radius 2 is 1.33 bits per heavy atom. The van der Waals surface area contributed by atoms with Crippen molar-refractivity contribution in [2.75, 3.05) is 13.1 Å². The predicted octanol–water partition coefficient (Wildman–Crippen LogP) is -2.50. The van der Waals surface area contributed by atoms with Gasteiger partial charge >= 0.3 is 5.97 Å². The summed E-state index contributed by atoms with van der Waals surface area (Å²) in [5.74, 6) is -3.49. The highest BCUT2D eigenvalue weighted by Gasteiger charge is 2.28. The third-order valence-corrected chi connectivity index (χ3v) is 3.91. The number of primary amides is 1. The van der Waals surface area contributed by atoms with Crippen LogP contribution in [-0.2, 0) is 19.2 Å². The zero-order valence-corrected chi connectivity index (χ0v) is 15.5. The Morgan fingerprint density at radius 3 is 1.81 bits per heavy atom. The molecule has 3 atom stereocenters. The van der Waals surface area contributed by atoms with E-state index in [1.54, 1.807) is 0 Å². The maximum Gasteiger partial charge on any atom is 0.326 e.